The second-order valence-corrected chi connectivity index (χ2v) is 10.9. The Bertz CT molecular complexity index is 1460. The molecule has 0 bridgehead atoms. The van der Waals surface area contributed by atoms with Gasteiger partial charge in [-0.25, -0.2) is 18.6 Å². The Kier molecular flexibility index (Phi) is 6.40. The van der Waals surface area contributed by atoms with Crippen LogP contribution >= 0.6 is 0 Å². The van der Waals surface area contributed by atoms with Gasteiger partial charge in [0.25, 0.3) is 5.91 Å². The molecule has 2 heterocycles. The first-order valence-electron chi connectivity index (χ1n) is 11.5. The number of benzene rings is 3. The Morgan fingerprint density at radius 2 is 1.50 bits per heavy atom. The van der Waals surface area contributed by atoms with Gasteiger partial charge in [0.05, 0.1) is 16.8 Å². The van der Waals surface area contributed by atoms with E-state index in [0.29, 0.717) is 24.5 Å². The van der Waals surface area contributed by atoms with Crippen molar-refractivity contribution in [3.05, 3.63) is 85.1 Å². The smallest absolute Gasteiger partial charge is 0.265 e. The maximum absolute atomic E-state index is 13.4. The first kappa shape index (κ1) is 23.9. The predicted octanol–water partition coefficient (Wildman–Crippen LogP) is 3.00. The van der Waals surface area contributed by atoms with Crippen molar-refractivity contribution in [3.63, 3.8) is 0 Å². The molecule has 0 atom stereocenters. The number of hydrogen-bond acceptors (Lipinski definition) is 7. The van der Waals surface area contributed by atoms with Gasteiger partial charge < -0.3 is 5.32 Å². The molecule has 5 rings (SSSR count). The summed E-state index contributed by atoms with van der Waals surface area (Å²) >= 11 is 0. The standard InChI is InChI=1S/C26H25N5O4S/c32-25(29-33)26(14-16-27-17-15-26)36(34,35)23-12-10-22(11-13-23)31-18-24(28-30-31)21-8-6-20(7-9-21)19-4-2-1-3-5-19/h1-13,18,27,33H,14-17H2,(H,29,32). The van der Waals surface area contributed by atoms with Crippen LogP contribution in [0.25, 0.3) is 28.1 Å². The van der Waals surface area contributed by atoms with Gasteiger partial charge >= 0.3 is 0 Å². The molecule has 1 amide bonds. The van der Waals surface area contributed by atoms with Crippen molar-refractivity contribution in [1.82, 2.24) is 25.8 Å². The zero-order chi connectivity index (χ0) is 25.2. The van der Waals surface area contributed by atoms with Crippen LogP contribution in [0.3, 0.4) is 0 Å². The molecule has 1 fully saturated rings. The molecule has 1 saturated heterocycles. The fraction of sp³-hybridized carbons (Fsp3) is 0.192. The van der Waals surface area contributed by atoms with Gasteiger partial charge in [0.15, 0.2) is 14.6 Å². The Hall–Kier alpha value is -3.86. The summed E-state index contributed by atoms with van der Waals surface area (Å²) < 4.78 is 26.7. The molecule has 4 aromatic rings. The Morgan fingerprint density at radius 1 is 0.889 bits per heavy atom. The zero-order valence-electron chi connectivity index (χ0n) is 19.3. The number of amides is 1. The number of nitrogens with one attached hydrogen (secondary N) is 2. The quantitative estimate of drug-likeness (QED) is 0.273. The average Bonchev–Trinajstić information content (AvgIpc) is 3.44. The summed E-state index contributed by atoms with van der Waals surface area (Å²) in [7, 11) is -4.06. The number of nitrogens with zero attached hydrogens (tertiary/aromatic N) is 3. The van der Waals surface area contributed by atoms with E-state index < -0.39 is 20.5 Å². The Labute approximate surface area is 208 Å². The lowest BCUT2D eigenvalue weighted by Crippen LogP contribution is -2.57. The van der Waals surface area contributed by atoms with Gasteiger partial charge in [0, 0.05) is 5.56 Å². The molecule has 3 aromatic carbocycles. The predicted molar refractivity (Wildman–Crippen MR) is 134 cm³/mol. The SMILES string of the molecule is O=C(NO)C1(S(=O)(=O)c2ccc(-n3cc(-c4ccc(-c5ccccc5)cc4)nn3)cc2)CCNCC1. The van der Waals surface area contributed by atoms with Crippen LogP contribution < -0.4 is 10.8 Å². The summed E-state index contributed by atoms with van der Waals surface area (Å²) in [4.78, 5) is 12.5. The Morgan fingerprint density at radius 3 is 2.14 bits per heavy atom. The summed E-state index contributed by atoms with van der Waals surface area (Å²) in [5, 5.41) is 20.7. The molecule has 0 spiro atoms. The minimum absolute atomic E-state index is 0.00795. The minimum atomic E-state index is -4.06. The number of rotatable bonds is 6. The normalized spacial score (nSPS) is 15.4. The van der Waals surface area contributed by atoms with E-state index >= 15 is 0 Å². The van der Waals surface area contributed by atoms with Gasteiger partial charge in [-0.05, 0) is 61.3 Å². The maximum Gasteiger partial charge on any atom is 0.265 e. The van der Waals surface area contributed by atoms with Crippen LogP contribution in [0.4, 0.5) is 0 Å². The molecule has 1 aliphatic heterocycles. The number of carbonyl (C=O) groups excluding carboxylic acids is 1. The highest BCUT2D eigenvalue weighted by Crippen LogP contribution is 2.34. The first-order valence-corrected chi connectivity index (χ1v) is 13.0. The van der Waals surface area contributed by atoms with E-state index in [9.17, 15) is 18.4 Å². The molecular weight excluding hydrogens is 478 g/mol. The number of hydroxylamine groups is 1. The van der Waals surface area contributed by atoms with Gasteiger partial charge in [0.2, 0.25) is 0 Å². The molecule has 36 heavy (non-hydrogen) atoms. The maximum atomic E-state index is 13.4. The third-order valence-corrected chi connectivity index (χ3v) is 9.15. The number of aromatic nitrogens is 3. The monoisotopic (exact) mass is 503 g/mol. The number of carbonyl (C=O) groups is 1. The van der Waals surface area contributed by atoms with Crippen molar-refractivity contribution in [2.75, 3.05) is 13.1 Å². The van der Waals surface area contributed by atoms with Gasteiger partial charge in [-0.15, -0.1) is 5.10 Å². The van der Waals surface area contributed by atoms with E-state index in [1.807, 2.05) is 42.5 Å². The highest BCUT2D eigenvalue weighted by molar-refractivity contribution is 7.93. The minimum Gasteiger partial charge on any atom is -0.317 e. The fourth-order valence-corrected chi connectivity index (χ4v) is 6.52. The molecule has 0 radical (unpaired) electrons. The molecule has 1 aliphatic rings. The average molecular weight is 504 g/mol. The molecule has 0 aliphatic carbocycles. The lowest BCUT2D eigenvalue weighted by molar-refractivity contribution is -0.132. The topological polar surface area (TPSA) is 126 Å². The van der Waals surface area contributed by atoms with E-state index in [4.69, 9.17) is 0 Å². The second kappa shape index (κ2) is 9.65. The zero-order valence-corrected chi connectivity index (χ0v) is 20.1. The third-order valence-electron chi connectivity index (χ3n) is 6.63. The third kappa shape index (κ3) is 4.19. The second-order valence-electron chi connectivity index (χ2n) is 8.67. The summed E-state index contributed by atoms with van der Waals surface area (Å²) in [6.07, 6.45) is 1.91. The number of hydrogen-bond donors (Lipinski definition) is 3. The van der Waals surface area contributed by atoms with E-state index in [1.165, 1.54) is 12.1 Å². The van der Waals surface area contributed by atoms with Crippen molar-refractivity contribution in [2.45, 2.75) is 22.5 Å². The van der Waals surface area contributed by atoms with E-state index in [2.05, 4.69) is 27.8 Å². The molecular formula is C26H25N5O4S. The van der Waals surface area contributed by atoms with Crippen LogP contribution in [-0.2, 0) is 14.6 Å². The van der Waals surface area contributed by atoms with E-state index in [1.54, 1.807) is 28.5 Å². The summed E-state index contributed by atoms with van der Waals surface area (Å²) in [5.41, 5.74) is 5.99. The van der Waals surface area contributed by atoms with E-state index in [0.717, 1.165) is 16.7 Å². The van der Waals surface area contributed by atoms with Crippen molar-refractivity contribution in [2.24, 2.45) is 0 Å². The summed E-state index contributed by atoms with van der Waals surface area (Å²) in [6.45, 7) is 0.720. The number of sulfone groups is 1. The molecule has 184 valence electrons. The first-order chi connectivity index (χ1) is 17.4. The van der Waals surface area contributed by atoms with Gasteiger partial charge in [-0.2, -0.15) is 0 Å². The fourth-order valence-electron chi connectivity index (χ4n) is 4.54. The van der Waals surface area contributed by atoms with Crippen LogP contribution in [0.15, 0.2) is 90.0 Å². The van der Waals surface area contributed by atoms with Crippen molar-refractivity contribution >= 4 is 15.7 Å². The summed E-state index contributed by atoms with van der Waals surface area (Å²) in [5.74, 6) is -0.910. The van der Waals surface area contributed by atoms with Gasteiger partial charge in [0.1, 0.15) is 5.69 Å². The number of piperidine rings is 1. The van der Waals surface area contributed by atoms with E-state index in [-0.39, 0.29) is 17.7 Å². The lowest BCUT2D eigenvalue weighted by atomic mass is 9.96. The molecule has 0 saturated carbocycles. The van der Waals surface area contributed by atoms with Crippen LogP contribution in [0.2, 0.25) is 0 Å². The van der Waals surface area contributed by atoms with Gasteiger partial charge in [-0.1, -0.05) is 59.8 Å². The van der Waals surface area contributed by atoms with Crippen LogP contribution in [0.1, 0.15) is 12.8 Å². The van der Waals surface area contributed by atoms with Crippen LogP contribution in [0.5, 0.6) is 0 Å². The lowest BCUT2D eigenvalue weighted by Gasteiger charge is -2.34. The molecule has 10 heteroatoms. The summed E-state index contributed by atoms with van der Waals surface area (Å²) in [6, 6.07) is 24.3. The van der Waals surface area contributed by atoms with Gasteiger partial charge in [-0.3, -0.25) is 10.0 Å². The van der Waals surface area contributed by atoms with Crippen LogP contribution in [-0.4, -0.2) is 52.4 Å². The molecule has 9 nitrogen and oxygen atoms in total. The van der Waals surface area contributed by atoms with Crippen molar-refractivity contribution < 1.29 is 18.4 Å². The van der Waals surface area contributed by atoms with Crippen molar-refractivity contribution in [3.8, 4) is 28.1 Å². The van der Waals surface area contributed by atoms with Crippen LogP contribution in [0, 0.1) is 0 Å². The van der Waals surface area contributed by atoms with Crippen molar-refractivity contribution in [1.29, 1.82) is 0 Å². The Balaban J connectivity index is 1.38. The highest BCUT2D eigenvalue weighted by Gasteiger charge is 2.51. The highest BCUT2D eigenvalue weighted by atomic mass is 32.2. The largest absolute Gasteiger partial charge is 0.317 e. The molecule has 1 aromatic heterocycles. The molecule has 0 unspecified atom stereocenters. The molecule has 3 N–H and O–H groups in total.